The number of carbonyl (C=O) groups is 2. The van der Waals surface area contributed by atoms with E-state index in [0.717, 1.165) is 23.9 Å². The molecule has 2 N–H and O–H groups in total. The molecule has 2 unspecified atom stereocenters. The molecule has 2 atom stereocenters. The Hall–Kier alpha value is -3.03. The highest BCUT2D eigenvalue weighted by atomic mass is 16.2. The van der Waals surface area contributed by atoms with E-state index >= 15 is 0 Å². The number of rotatable bonds is 4. The van der Waals surface area contributed by atoms with Gasteiger partial charge in [0.15, 0.2) is 12.2 Å². The number of urea groups is 1. The number of allylic oxidation sites excluding steroid dienone is 1. The molecule has 3 heterocycles. The van der Waals surface area contributed by atoms with E-state index < -0.39 is 18.2 Å². The number of hydrogen-bond donors (Lipinski definition) is 2. The lowest BCUT2D eigenvalue weighted by atomic mass is 10.1. The summed E-state index contributed by atoms with van der Waals surface area (Å²) in [5, 5.41) is 5.87. The highest BCUT2D eigenvalue weighted by Crippen LogP contribution is 2.31. The molecule has 1 aromatic carbocycles. The summed E-state index contributed by atoms with van der Waals surface area (Å²) < 4.78 is 0. The minimum atomic E-state index is -0.505. The van der Waals surface area contributed by atoms with E-state index in [0.29, 0.717) is 6.54 Å². The van der Waals surface area contributed by atoms with Crippen molar-refractivity contribution in [3.63, 3.8) is 0 Å². The molecule has 0 aromatic heterocycles. The average molecular weight is 368 g/mol. The number of guanidine groups is 1. The van der Waals surface area contributed by atoms with Gasteiger partial charge in [-0.2, -0.15) is 0 Å². The third-order valence-electron chi connectivity index (χ3n) is 5.31. The molecule has 8 heteroatoms. The van der Waals surface area contributed by atoms with Crippen molar-refractivity contribution in [2.45, 2.75) is 33.0 Å². The van der Waals surface area contributed by atoms with Crippen LogP contribution in [0.15, 0.2) is 35.1 Å². The fraction of sp³-hybridized carbons (Fsp3) is 0.421. The Morgan fingerprint density at radius 1 is 1.22 bits per heavy atom. The lowest BCUT2D eigenvalue weighted by Crippen LogP contribution is -2.62. The highest BCUT2D eigenvalue weighted by molar-refractivity contribution is 6.04. The normalized spacial score (nSPS) is 23.8. The molecule has 0 bridgehead atoms. The van der Waals surface area contributed by atoms with Gasteiger partial charge in [-0.05, 0) is 38.0 Å². The van der Waals surface area contributed by atoms with E-state index in [4.69, 9.17) is 0 Å². The Balaban J connectivity index is 1.48. The summed E-state index contributed by atoms with van der Waals surface area (Å²) in [6.07, 6.45) is 1.45. The van der Waals surface area contributed by atoms with Crippen LogP contribution in [-0.4, -0.2) is 64.9 Å². The van der Waals surface area contributed by atoms with Crippen LogP contribution in [0.3, 0.4) is 0 Å². The third-order valence-corrected chi connectivity index (χ3v) is 5.31. The van der Waals surface area contributed by atoms with Gasteiger partial charge in [0.1, 0.15) is 0 Å². The molecule has 0 aliphatic carbocycles. The van der Waals surface area contributed by atoms with Gasteiger partial charge < -0.3 is 20.0 Å². The molecular formula is C19H24N6O2. The van der Waals surface area contributed by atoms with Gasteiger partial charge >= 0.3 is 6.03 Å². The number of aliphatic imine (C=N–C) groups is 1. The molecule has 0 spiro atoms. The van der Waals surface area contributed by atoms with Gasteiger partial charge in [0.25, 0.3) is 5.91 Å². The standard InChI is InChI=1S/C19H24N6O2/c1-11-5-6-12(2)14(9-11)20-7-8-24-13(3)10-25-15-16(21-18(24)25)23(4)19(27)22-17(15)26/h5-6,9-10,15-16,20H,7-8H2,1-4H3,(H,22,26,27). The van der Waals surface area contributed by atoms with Crippen molar-refractivity contribution in [3.8, 4) is 0 Å². The van der Waals surface area contributed by atoms with Crippen LogP contribution in [0.25, 0.3) is 0 Å². The number of anilines is 1. The maximum atomic E-state index is 12.3. The Kier molecular flexibility index (Phi) is 4.05. The molecule has 4 rings (SSSR count). The van der Waals surface area contributed by atoms with Gasteiger partial charge in [-0.3, -0.25) is 10.1 Å². The van der Waals surface area contributed by atoms with Crippen LogP contribution in [0.5, 0.6) is 0 Å². The minimum Gasteiger partial charge on any atom is -0.383 e. The van der Waals surface area contributed by atoms with Crippen LogP contribution < -0.4 is 10.6 Å². The SMILES string of the molecule is CC1=CN2C(=NC3C2C(=O)NC(=O)N3C)N1CCNc1cc(C)ccc1C. The van der Waals surface area contributed by atoms with Crippen molar-refractivity contribution in [1.29, 1.82) is 0 Å². The maximum absolute atomic E-state index is 12.3. The number of fused-ring (bicyclic) bond motifs is 3. The van der Waals surface area contributed by atoms with E-state index in [1.807, 2.05) is 18.0 Å². The van der Waals surface area contributed by atoms with Crippen molar-refractivity contribution in [3.05, 3.63) is 41.2 Å². The zero-order valence-electron chi connectivity index (χ0n) is 16.0. The molecule has 27 heavy (non-hydrogen) atoms. The molecule has 1 aromatic rings. The summed E-state index contributed by atoms with van der Waals surface area (Å²) in [7, 11) is 1.66. The summed E-state index contributed by atoms with van der Waals surface area (Å²) in [6.45, 7) is 7.61. The van der Waals surface area contributed by atoms with E-state index in [-0.39, 0.29) is 5.91 Å². The number of carbonyl (C=O) groups excluding carboxylic acids is 2. The average Bonchev–Trinajstić information content (AvgIpc) is 3.12. The third kappa shape index (κ3) is 2.81. The summed E-state index contributed by atoms with van der Waals surface area (Å²) in [5.74, 6) is 0.420. The number of likely N-dealkylation sites (N-methyl/N-ethyl adjacent to an activating group) is 1. The van der Waals surface area contributed by atoms with Gasteiger partial charge in [-0.25, -0.2) is 9.79 Å². The van der Waals surface area contributed by atoms with Gasteiger partial charge in [0, 0.05) is 37.7 Å². The van der Waals surface area contributed by atoms with Crippen LogP contribution in [0.2, 0.25) is 0 Å². The second kappa shape index (κ2) is 6.29. The van der Waals surface area contributed by atoms with Gasteiger partial charge in [-0.1, -0.05) is 12.1 Å². The molecule has 0 saturated carbocycles. The predicted molar refractivity (Wildman–Crippen MR) is 103 cm³/mol. The summed E-state index contributed by atoms with van der Waals surface area (Å²) in [4.78, 5) is 34.3. The van der Waals surface area contributed by atoms with E-state index in [1.54, 1.807) is 7.05 Å². The molecule has 1 saturated heterocycles. The fourth-order valence-corrected chi connectivity index (χ4v) is 3.75. The van der Waals surface area contributed by atoms with E-state index in [1.165, 1.54) is 16.0 Å². The van der Waals surface area contributed by atoms with Crippen LogP contribution in [0.4, 0.5) is 10.5 Å². The number of benzene rings is 1. The molecule has 3 aliphatic rings. The molecule has 8 nitrogen and oxygen atoms in total. The number of nitrogens with zero attached hydrogens (tertiary/aromatic N) is 4. The van der Waals surface area contributed by atoms with Crippen LogP contribution in [-0.2, 0) is 4.79 Å². The van der Waals surface area contributed by atoms with E-state index in [2.05, 4.69) is 52.6 Å². The largest absolute Gasteiger partial charge is 0.383 e. The molecular weight excluding hydrogens is 344 g/mol. The topological polar surface area (TPSA) is 80.3 Å². The maximum Gasteiger partial charge on any atom is 0.325 e. The molecule has 3 aliphatic heterocycles. The number of nitrogens with one attached hydrogen (secondary N) is 2. The zero-order valence-corrected chi connectivity index (χ0v) is 16.0. The van der Waals surface area contributed by atoms with Crippen LogP contribution >= 0.6 is 0 Å². The Morgan fingerprint density at radius 2 is 2.00 bits per heavy atom. The molecule has 142 valence electrons. The van der Waals surface area contributed by atoms with Crippen LogP contribution in [0, 0.1) is 13.8 Å². The lowest BCUT2D eigenvalue weighted by Gasteiger charge is -2.34. The van der Waals surface area contributed by atoms with Crippen LogP contribution in [0.1, 0.15) is 18.1 Å². The number of hydrogen-bond acceptors (Lipinski definition) is 6. The van der Waals surface area contributed by atoms with Crippen molar-refractivity contribution in [2.75, 3.05) is 25.5 Å². The predicted octanol–water partition coefficient (Wildman–Crippen LogP) is 1.44. The Morgan fingerprint density at radius 3 is 2.78 bits per heavy atom. The van der Waals surface area contributed by atoms with Gasteiger partial charge in [0.2, 0.25) is 5.96 Å². The summed E-state index contributed by atoms with van der Waals surface area (Å²) in [6, 6.07) is 5.44. The Labute approximate surface area is 158 Å². The summed E-state index contributed by atoms with van der Waals surface area (Å²) in [5.41, 5.74) is 4.58. The quantitative estimate of drug-likeness (QED) is 0.841. The Bertz CT molecular complexity index is 877. The highest BCUT2D eigenvalue weighted by Gasteiger charge is 2.51. The number of imide groups is 1. The first-order valence-corrected chi connectivity index (χ1v) is 9.07. The van der Waals surface area contributed by atoms with E-state index in [9.17, 15) is 9.59 Å². The second-order valence-corrected chi connectivity index (χ2v) is 7.27. The zero-order chi connectivity index (χ0) is 19.3. The van der Waals surface area contributed by atoms with Crippen molar-refractivity contribution >= 4 is 23.6 Å². The first kappa shape index (κ1) is 17.4. The van der Waals surface area contributed by atoms with Crippen molar-refractivity contribution < 1.29 is 9.59 Å². The molecule has 3 amide bonds. The molecule has 1 fully saturated rings. The van der Waals surface area contributed by atoms with Gasteiger partial charge in [0.05, 0.1) is 0 Å². The number of aryl methyl sites for hydroxylation is 2. The fourth-order valence-electron chi connectivity index (χ4n) is 3.75. The van der Waals surface area contributed by atoms with Gasteiger partial charge in [-0.15, -0.1) is 0 Å². The first-order valence-electron chi connectivity index (χ1n) is 9.07. The first-order chi connectivity index (χ1) is 12.9. The smallest absolute Gasteiger partial charge is 0.325 e. The van der Waals surface area contributed by atoms with Crippen molar-refractivity contribution in [2.24, 2.45) is 4.99 Å². The monoisotopic (exact) mass is 368 g/mol. The minimum absolute atomic E-state index is 0.304. The van der Waals surface area contributed by atoms with Crippen molar-refractivity contribution in [1.82, 2.24) is 20.0 Å². The molecule has 0 radical (unpaired) electrons. The number of amides is 3. The summed E-state index contributed by atoms with van der Waals surface area (Å²) >= 11 is 0. The second-order valence-electron chi connectivity index (χ2n) is 7.27. The lowest BCUT2D eigenvalue weighted by molar-refractivity contribution is -0.126.